The summed E-state index contributed by atoms with van der Waals surface area (Å²) in [7, 11) is 1.62. The van der Waals surface area contributed by atoms with Gasteiger partial charge in [-0.25, -0.2) is 0 Å². The third-order valence-electron chi connectivity index (χ3n) is 4.22. The Morgan fingerprint density at radius 1 is 0.963 bits per heavy atom. The topological polar surface area (TPSA) is 56.8 Å². The maximum absolute atomic E-state index is 12.5. The van der Waals surface area contributed by atoms with Gasteiger partial charge in [0.05, 0.1) is 13.2 Å². The second-order valence-electron chi connectivity index (χ2n) is 6.41. The number of nitrogens with one attached hydrogen (secondary N) is 1. The maximum atomic E-state index is 12.5. The number of aryl methyl sites for hydroxylation is 1. The Balaban J connectivity index is 1.82. The normalized spacial score (nSPS) is 12.7. The number of rotatable bonds is 10. The number of amides is 1. The lowest BCUT2D eigenvalue weighted by atomic mass is 10.1. The molecule has 0 saturated carbocycles. The van der Waals surface area contributed by atoms with Crippen molar-refractivity contribution in [1.29, 1.82) is 0 Å². The quantitative estimate of drug-likeness (QED) is 0.686. The lowest BCUT2D eigenvalue weighted by molar-refractivity contribution is -0.128. The predicted octanol–water partition coefficient (Wildman–Crippen LogP) is 4.00. The molecule has 0 fully saturated rings. The lowest BCUT2D eigenvalue weighted by Crippen LogP contribution is -2.44. The van der Waals surface area contributed by atoms with Crippen LogP contribution in [-0.4, -0.2) is 31.8 Å². The van der Waals surface area contributed by atoms with Crippen LogP contribution in [0.2, 0.25) is 0 Å². The Morgan fingerprint density at radius 2 is 1.56 bits per heavy atom. The second-order valence-corrected chi connectivity index (χ2v) is 6.41. The molecular weight excluding hydrogens is 342 g/mol. The van der Waals surface area contributed by atoms with Crippen LogP contribution in [0.4, 0.5) is 0 Å². The van der Waals surface area contributed by atoms with Crippen LogP contribution in [0.1, 0.15) is 32.8 Å². The molecule has 0 radical (unpaired) electrons. The van der Waals surface area contributed by atoms with Crippen molar-refractivity contribution in [3.05, 3.63) is 54.1 Å². The molecule has 5 heteroatoms. The van der Waals surface area contributed by atoms with Gasteiger partial charge in [0.25, 0.3) is 5.91 Å². The third-order valence-corrected chi connectivity index (χ3v) is 4.22. The average molecular weight is 371 g/mol. The minimum atomic E-state index is -0.527. The van der Waals surface area contributed by atoms with Gasteiger partial charge in [0, 0.05) is 0 Å². The monoisotopic (exact) mass is 371 g/mol. The largest absolute Gasteiger partial charge is 0.497 e. The van der Waals surface area contributed by atoms with Crippen LogP contribution in [0.3, 0.4) is 0 Å². The number of hydrogen-bond donors (Lipinski definition) is 1. The number of benzene rings is 2. The van der Waals surface area contributed by atoms with Crippen molar-refractivity contribution in [3.8, 4) is 17.2 Å². The Labute approximate surface area is 161 Å². The predicted molar refractivity (Wildman–Crippen MR) is 107 cm³/mol. The molecule has 2 atom stereocenters. The lowest BCUT2D eigenvalue weighted by Gasteiger charge is -2.21. The van der Waals surface area contributed by atoms with Gasteiger partial charge in [-0.05, 0) is 61.7 Å². The van der Waals surface area contributed by atoms with Crippen molar-refractivity contribution < 1.29 is 19.0 Å². The molecule has 0 aliphatic heterocycles. The van der Waals surface area contributed by atoms with Gasteiger partial charge in [0.2, 0.25) is 0 Å². The van der Waals surface area contributed by atoms with Gasteiger partial charge in [-0.3, -0.25) is 4.79 Å². The molecule has 0 heterocycles. The van der Waals surface area contributed by atoms with Gasteiger partial charge in [-0.1, -0.05) is 26.0 Å². The van der Waals surface area contributed by atoms with Gasteiger partial charge in [0.15, 0.2) is 6.10 Å². The summed E-state index contributed by atoms with van der Waals surface area (Å²) in [5.74, 6) is 2.08. The summed E-state index contributed by atoms with van der Waals surface area (Å²) in [5, 5.41) is 2.95. The highest BCUT2D eigenvalue weighted by atomic mass is 16.5. The molecule has 0 bridgehead atoms. The van der Waals surface area contributed by atoms with E-state index in [1.165, 1.54) is 5.56 Å². The van der Waals surface area contributed by atoms with E-state index in [1.807, 2.05) is 62.4 Å². The Hall–Kier alpha value is -2.69. The first kappa shape index (κ1) is 20.6. The summed E-state index contributed by atoms with van der Waals surface area (Å²) in [4.78, 5) is 12.5. The highest BCUT2D eigenvalue weighted by molar-refractivity contribution is 5.81. The molecule has 1 N–H and O–H groups in total. The SMILES string of the molecule is CCc1ccc(O[C@H](CC)C(=O)N[C@H](C)COc2ccc(OC)cc2)cc1. The highest BCUT2D eigenvalue weighted by Crippen LogP contribution is 2.17. The van der Waals surface area contributed by atoms with E-state index in [-0.39, 0.29) is 11.9 Å². The minimum absolute atomic E-state index is 0.136. The first-order chi connectivity index (χ1) is 13.0. The summed E-state index contributed by atoms with van der Waals surface area (Å²) < 4.78 is 16.7. The molecule has 27 heavy (non-hydrogen) atoms. The third kappa shape index (κ3) is 6.51. The summed E-state index contributed by atoms with van der Waals surface area (Å²) >= 11 is 0. The Morgan fingerprint density at radius 3 is 2.11 bits per heavy atom. The number of carbonyl (C=O) groups excluding carboxylic acids is 1. The van der Waals surface area contributed by atoms with E-state index in [0.717, 1.165) is 17.9 Å². The zero-order valence-corrected chi connectivity index (χ0v) is 16.5. The van der Waals surface area contributed by atoms with Crippen LogP contribution in [0.25, 0.3) is 0 Å². The summed E-state index contributed by atoms with van der Waals surface area (Å²) in [5.41, 5.74) is 1.24. The zero-order chi connectivity index (χ0) is 19.6. The van der Waals surface area contributed by atoms with Crippen molar-refractivity contribution in [2.24, 2.45) is 0 Å². The highest BCUT2D eigenvalue weighted by Gasteiger charge is 2.20. The fourth-order valence-electron chi connectivity index (χ4n) is 2.56. The molecule has 146 valence electrons. The van der Waals surface area contributed by atoms with Gasteiger partial charge < -0.3 is 19.5 Å². The van der Waals surface area contributed by atoms with Gasteiger partial charge in [0.1, 0.15) is 23.9 Å². The van der Waals surface area contributed by atoms with Crippen molar-refractivity contribution in [3.63, 3.8) is 0 Å². The number of methoxy groups -OCH3 is 1. The standard InChI is InChI=1S/C22H29NO4/c1-5-17-7-9-20(10-8-17)27-21(6-2)22(24)23-16(3)15-26-19-13-11-18(25-4)12-14-19/h7-14,16,21H,5-6,15H2,1-4H3,(H,23,24)/t16-,21-/m1/s1. The molecule has 2 rings (SSSR count). The molecule has 0 aliphatic rings. The number of carbonyl (C=O) groups is 1. The molecule has 5 nitrogen and oxygen atoms in total. The smallest absolute Gasteiger partial charge is 0.261 e. The van der Waals surface area contributed by atoms with Crippen LogP contribution < -0.4 is 19.5 Å². The second kappa shape index (κ2) is 10.5. The summed E-state index contributed by atoms with van der Waals surface area (Å²) in [6.45, 7) is 6.32. The molecular formula is C22H29NO4. The molecule has 0 spiro atoms. The average Bonchev–Trinajstić information content (AvgIpc) is 2.71. The van der Waals surface area contributed by atoms with E-state index in [9.17, 15) is 4.79 Å². The maximum Gasteiger partial charge on any atom is 0.261 e. The van der Waals surface area contributed by atoms with Gasteiger partial charge >= 0.3 is 0 Å². The van der Waals surface area contributed by atoms with Crippen LogP contribution in [-0.2, 0) is 11.2 Å². The zero-order valence-electron chi connectivity index (χ0n) is 16.5. The number of hydrogen-bond acceptors (Lipinski definition) is 4. The summed E-state index contributed by atoms with van der Waals surface area (Å²) in [6, 6.07) is 15.1. The molecule has 0 aliphatic carbocycles. The van der Waals surface area contributed by atoms with Gasteiger partial charge in [-0.15, -0.1) is 0 Å². The molecule has 0 unspecified atom stereocenters. The fraction of sp³-hybridized carbons (Fsp3) is 0.409. The fourth-order valence-corrected chi connectivity index (χ4v) is 2.56. The van der Waals surface area contributed by atoms with Crippen LogP contribution in [0, 0.1) is 0 Å². The first-order valence-electron chi connectivity index (χ1n) is 9.38. The summed E-state index contributed by atoms with van der Waals surface area (Å²) in [6.07, 6.45) is 1.04. The van der Waals surface area contributed by atoms with Crippen molar-refractivity contribution >= 4 is 5.91 Å². The van der Waals surface area contributed by atoms with E-state index in [4.69, 9.17) is 14.2 Å². The van der Waals surface area contributed by atoms with Crippen molar-refractivity contribution in [2.75, 3.05) is 13.7 Å². The Kier molecular flexibility index (Phi) is 7.99. The number of ether oxygens (including phenoxy) is 3. The van der Waals surface area contributed by atoms with E-state index >= 15 is 0 Å². The van der Waals surface area contributed by atoms with E-state index in [0.29, 0.717) is 18.8 Å². The minimum Gasteiger partial charge on any atom is -0.497 e. The van der Waals surface area contributed by atoms with Gasteiger partial charge in [-0.2, -0.15) is 0 Å². The van der Waals surface area contributed by atoms with Crippen LogP contribution in [0.5, 0.6) is 17.2 Å². The molecule has 1 amide bonds. The molecule has 2 aromatic carbocycles. The van der Waals surface area contributed by atoms with Crippen molar-refractivity contribution in [2.45, 2.75) is 45.8 Å². The van der Waals surface area contributed by atoms with Crippen molar-refractivity contribution in [1.82, 2.24) is 5.32 Å². The van der Waals surface area contributed by atoms with E-state index in [2.05, 4.69) is 12.2 Å². The molecule has 2 aromatic rings. The van der Waals surface area contributed by atoms with Crippen LogP contribution in [0.15, 0.2) is 48.5 Å². The first-order valence-corrected chi connectivity index (χ1v) is 9.38. The van der Waals surface area contributed by atoms with E-state index < -0.39 is 6.10 Å². The Bertz CT molecular complexity index is 697. The molecule has 0 saturated heterocycles. The van der Waals surface area contributed by atoms with E-state index in [1.54, 1.807) is 7.11 Å². The van der Waals surface area contributed by atoms with Crippen LogP contribution >= 0.6 is 0 Å². The molecule has 0 aromatic heterocycles.